The molecule has 2 aliphatic rings. The summed E-state index contributed by atoms with van der Waals surface area (Å²) >= 11 is 0. The number of nitrogens with two attached hydrogens (primary N) is 2. The Morgan fingerprint density at radius 3 is 2.38 bits per heavy atom. The number of rotatable bonds is 8. The second-order valence-electron chi connectivity index (χ2n) is 9.17. The van der Waals surface area contributed by atoms with Gasteiger partial charge in [-0.2, -0.15) is 0 Å². The van der Waals surface area contributed by atoms with Gasteiger partial charge in [-0.05, 0) is 54.7 Å². The van der Waals surface area contributed by atoms with Gasteiger partial charge in [0.15, 0.2) is 0 Å². The van der Waals surface area contributed by atoms with Crippen LogP contribution in [0.25, 0.3) is 0 Å². The van der Waals surface area contributed by atoms with Crippen LogP contribution in [0.1, 0.15) is 34.3 Å². The van der Waals surface area contributed by atoms with Crippen molar-refractivity contribution < 1.29 is 9.59 Å². The number of amides is 2. The van der Waals surface area contributed by atoms with Gasteiger partial charge >= 0.3 is 0 Å². The van der Waals surface area contributed by atoms with E-state index in [9.17, 15) is 9.59 Å². The first-order valence-corrected chi connectivity index (χ1v) is 12.4. The van der Waals surface area contributed by atoms with Gasteiger partial charge in [-0.15, -0.1) is 0 Å². The summed E-state index contributed by atoms with van der Waals surface area (Å²) in [5, 5.41) is 2.83. The van der Waals surface area contributed by atoms with Crippen LogP contribution in [0.5, 0.6) is 0 Å². The average Bonchev–Trinajstić information content (AvgIpc) is 3.41. The molecule has 2 heterocycles. The fourth-order valence-corrected chi connectivity index (χ4v) is 4.66. The third-order valence-corrected chi connectivity index (χ3v) is 6.66. The van der Waals surface area contributed by atoms with Crippen LogP contribution in [0, 0.1) is 0 Å². The van der Waals surface area contributed by atoms with Crippen LogP contribution in [0.3, 0.4) is 0 Å². The first-order valence-electron chi connectivity index (χ1n) is 12.4. The summed E-state index contributed by atoms with van der Waals surface area (Å²) in [7, 11) is 0. The number of fused-ring (bicyclic) bond motifs is 1. The lowest BCUT2D eigenvalue weighted by Crippen LogP contribution is -2.51. The predicted octanol–water partition coefficient (Wildman–Crippen LogP) is 3.73. The summed E-state index contributed by atoms with van der Waals surface area (Å²) < 4.78 is 0. The molecule has 8 heteroatoms. The normalized spacial score (nSPS) is 15.0. The van der Waals surface area contributed by atoms with E-state index in [1.54, 1.807) is 29.2 Å². The van der Waals surface area contributed by atoms with Crippen molar-refractivity contribution in [1.29, 1.82) is 0 Å². The Morgan fingerprint density at radius 1 is 0.892 bits per heavy atom. The maximum atomic E-state index is 13.5. The number of carbonyl (C=O) groups excluding carboxylic acids is 2. The summed E-state index contributed by atoms with van der Waals surface area (Å²) in [5.74, 6) is 0.749. The molecule has 5 N–H and O–H groups in total. The molecule has 0 spiro atoms. The number of nitrogens with one attached hydrogen (secondary N) is 1. The molecule has 0 aromatic heterocycles. The van der Waals surface area contributed by atoms with Crippen molar-refractivity contribution in [3.63, 3.8) is 0 Å². The molecule has 37 heavy (non-hydrogen) atoms. The van der Waals surface area contributed by atoms with E-state index in [1.807, 2.05) is 47.4 Å². The second kappa shape index (κ2) is 10.6. The van der Waals surface area contributed by atoms with Crippen molar-refractivity contribution in [3.8, 4) is 0 Å². The van der Waals surface area contributed by atoms with E-state index in [-0.39, 0.29) is 11.8 Å². The Kier molecular flexibility index (Phi) is 6.89. The number of nitrogen functional groups attached to an aromatic ring is 1. The largest absolute Gasteiger partial charge is 0.397 e. The van der Waals surface area contributed by atoms with Crippen molar-refractivity contribution in [2.75, 3.05) is 24.1 Å². The van der Waals surface area contributed by atoms with E-state index in [0.29, 0.717) is 60.3 Å². The molecule has 0 bridgehead atoms. The van der Waals surface area contributed by atoms with E-state index in [4.69, 9.17) is 11.5 Å². The number of benzene rings is 3. The molecule has 0 aliphatic carbocycles. The number of hydrogen-bond donors (Lipinski definition) is 3. The van der Waals surface area contributed by atoms with E-state index in [2.05, 4.69) is 22.4 Å². The lowest BCUT2D eigenvalue weighted by Gasteiger charge is -2.36. The molecule has 5 rings (SSSR count). The van der Waals surface area contributed by atoms with Crippen molar-refractivity contribution in [2.24, 2.45) is 10.7 Å². The maximum absolute atomic E-state index is 13.5. The highest BCUT2D eigenvalue weighted by Gasteiger charge is 2.37. The SMILES string of the molecule is NC1=C(CCCc2ccccc2)C(=O)N(Cc2ccc(C(=O)Nc3ccccc3N)cc2)C2=NCCN21. The van der Waals surface area contributed by atoms with Gasteiger partial charge in [-0.25, -0.2) is 0 Å². The van der Waals surface area contributed by atoms with Crippen LogP contribution in [0.15, 0.2) is 95.2 Å². The molecule has 3 aromatic carbocycles. The molecule has 0 fully saturated rings. The fourth-order valence-electron chi connectivity index (χ4n) is 4.66. The number of para-hydroxylation sites is 2. The van der Waals surface area contributed by atoms with Crippen LogP contribution in [0.2, 0.25) is 0 Å². The highest BCUT2D eigenvalue weighted by atomic mass is 16.2. The van der Waals surface area contributed by atoms with Gasteiger partial charge in [-0.3, -0.25) is 24.4 Å². The number of aliphatic imine (C=N–C) groups is 1. The zero-order chi connectivity index (χ0) is 25.8. The van der Waals surface area contributed by atoms with Crippen LogP contribution in [-0.4, -0.2) is 40.7 Å². The van der Waals surface area contributed by atoms with Crippen molar-refractivity contribution in [1.82, 2.24) is 9.80 Å². The molecule has 8 nitrogen and oxygen atoms in total. The Labute approximate surface area is 216 Å². The van der Waals surface area contributed by atoms with Crippen LogP contribution < -0.4 is 16.8 Å². The zero-order valence-electron chi connectivity index (χ0n) is 20.6. The monoisotopic (exact) mass is 494 g/mol. The molecule has 0 unspecified atom stereocenters. The molecule has 2 aliphatic heterocycles. The summed E-state index contributed by atoms with van der Waals surface area (Å²) in [6, 6.07) is 24.6. The maximum Gasteiger partial charge on any atom is 0.260 e. The van der Waals surface area contributed by atoms with E-state index < -0.39 is 0 Å². The van der Waals surface area contributed by atoms with Gasteiger partial charge in [0.1, 0.15) is 5.82 Å². The smallest absolute Gasteiger partial charge is 0.260 e. The first kappa shape index (κ1) is 24.1. The molecule has 0 atom stereocenters. The van der Waals surface area contributed by atoms with Gasteiger partial charge in [0.25, 0.3) is 11.8 Å². The summed E-state index contributed by atoms with van der Waals surface area (Å²) in [4.78, 5) is 34.4. The van der Waals surface area contributed by atoms with E-state index in [1.165, 1.54) is 5.56 Å². The molecule has 188 valence electrons. The summed E-state index contributed by atoms with van der Waals surface area (Å²) in [5.41, 5.74) is 16.7. The number of anilines is 2. The first-order chi connectivity index (χ1) is 18.0. The van der Waals surface area contributed by atoms with Crippen LogP contribution in [-0.2, 0) is 17.8 Å². The van der Waals surface area contributed by atoms with Crippen LogP contribution >= 0.6 is 0 Å². The quantitative estimate of drug-likeness (QED) is 0.413. The Morgan fingerprint density at radius 2 is 1.62 bits per heavy atom. The third-order valence-electron chi connectivity index (χ3n) is 6.66. The highest BCUT2D eigenvalue weighted by molar-refractivity contribution is 6.09. The average molecular weight is 495 g/mol. The topological polar surface area (TPSA) is 117 Å². The predicted molar refractivity (Wildman–Crippen MR) is 145 cm³/mol. The molecule has 3 aromatic rings. The van der Waals surface area contributed by atoms with E-state index in [0.717, 1.165) is 18.4 Å². The molecule has 0 saturated carbocycles. The Bertz CT molecular complexity index is 1360. The summed E-state index contributed by atoms with van der Waals surface area (Å²) in [6.45, 7) is 1.60. The Hall–Kier alpha value is -4.59. The number of carbonyl (C=O) groups is 2. The van der Waals surface area contributed by atoms with Crippen molar-refractivity contribution in [3.05, 3.63) is 107 Å². The summed E-state index contributed by atoms with van der Waals surface area (Å²) in [6.07, 6.45) is 2.31. The third kappa shape index (κ3) is 5.18. The molecule has 0 saturated heterocycles. The fraction of sp³-hybridized carbons (Fsp3) is 0.207. The lowest BCUT2D eigenvalue weighted by atomic mass is 10.0. The van der Waals surface area contributed by atoms with Crippen LogP contribution in [0.4, 0.5) is 11.4 Å². The zero-order valence-corrected chi connectivity index (χ0v) is 20.6. The standard InChI is InChI=1S/C29H30N6O2/c30-24-11-4-5-12-25(24)33-27(36)22-15-13-21(14-16-22)19-35-28(37)23(26(31)34-18-17-32-29(34)35)10-6-9-20-7-2-1-3-8-20/h1-5,7-8,11-16H,6,9-10,17-19,30-31H2,(H,33,36). The molecular formula is C29H30N6O2. The second-order valence-corrected chi connectivity index (χ2v) is 9.17. The van der Waals surface area contributed by atoms with Crippen molar-refractivity contribution in [2.45, 2.75) is 25.8 Å². The van der Waals surface area contributed by atoms with Gasteiger partial charge in [-0.1, -0.05) is 54.6 Å². The Balaban J connectivity index is 1.28. The number of aryl methyl sites for hydroxylation is 1. The van der Waals surface area contributed by atoms with Crippen molar-refractivity contribution >= 4 is 29.1 Å². The van der Waals surface area contributed by atoms with Gasteiger partial charge in [0.2, 0.25) is 5.96 Å². The lowest BCUT2D eigenvalue weighted by molar-refractivity contribution is -0.125. The number of hydrogen-bond acceptors (Lipinski definition) is 6. The minimum absolute atomic E-state index is 0.108. The highest BCUT2D eigenvalue weighted by Crippen LogP contribution is 2.27. The van der Waals surface area contributed by atoms with Gasteiger partial charge in [0.05, 0.1) is 30.0 Å². The number of guanidine groups is 1. The molecule has 0 radical (unpaired) electrons. The molecule has 2 amide bonds. The minimum Gasteiger partial charge on any atom is -0.397 e. The van der Waals surface area contributed by atoms with Gasteiger partial charge in [0, 0.05) is 12.1 Å². The molecular weight excluding hydrogens is 464 g/mol. The van der Waals surface area contributed by atoms with Gasteiger partial charge < -0.3 is 16.8 Å². The number of nitrogens with zero attached hydrogens (tertiary/aromatic N) is 3. The van der Waals surface area contributed by atoms with E-state index >= 15 is 0 Å². The minimum atomic E-state index is -0.249.